The number of likely N-dealkylation sites (tertiary alicyclic amines) is 1. The molecule has 2 aromatic rings. The molecule has 7 nitrogen and oxygen atoms in total. The number of aromatic nitrogens is 1. The first-order valence-electron chi connectivity index (χ1n) is 11.1. The molecular formula is C25H32N2O5. The zero-order chi connectivity index (χ0) is 23.0. The predicted octanol–water partition coefficient (Wildman–Crippen LogP) is 2.26. The van der Waals surface area contributed by atoms with Crippen LogP contribution >= 0.6 is 0 Å². The molecule has 3 atom stereocenters. The number of pyridine rings is 1. The molecule has 4 rings (SSSR count). The lowest BCUT2D eigenvalue weighted by atomic mass is 9.68. The lowest BCUT2D eigenvalue weighted by Gasteiger charge is -2.55. The zero-order valence-corrected chi connectivity index (χ0v) is 19.2. The van der Waals surface area contributed by atoms with Crippen LogP contribution in [0.1, 0.15) is 45.6 Å². The van der Waals surface area contributed by atoms with Crippen LogP contribution in [0, 0.1) is 12.8 Å². The number of aliphatic hydroxyl groups is 1. The summed E-state index contributed by atoms with van der Waals surface area (Å²) >= 11 is 0. The SMILES string of the molecule is COC(=O)c1cc2c([nH]c1=O)CC[C@](O)([C@H]1C(CCc3cc(OC)ccc3C)CN1C)C2. The molecule has 2 aliphatic rings. The Morgan fingerprint density at radius 3 is 2.78 bits per heavy atom. The normalized spacial score (nSPS) is 25.0. The summed E-state index contributed by atoms with van der Waals surface area (Å²) in [7, 11) is 4.99. The highest BCUT2D eigenvalue weighted by Crippen LogP contribution is 2.41. The first-order chi connectivity index (χ1) is 15.3. The van der Waals surface area contributed by atoms with E-state index in [9.17, 15) is 14.7 Å². The third kappa shape index (κ3) is 4.07. The van der Waals surface area contributed by atoms with Crippen molar-refractivity contribution in [2.24, 2.45) is 5.92 Å². The second-order valence-corrected chi connectivity index (χ2v) is 9.26. The number of nitrogens with one attached hydrogen (secondary N) is 1. The number of aryl methyl sites for hydroxylation is 3. The maximum atomic E-state index is 12.2. The Hall–Kier alpha value is -2.64. The number of rotatable bonds is 6. The summed E-state index contributed by atoms with van der Waals surface area (Å²) in [5.74, 6) is 0.584. The van der Waals surface area contributed by atoms with Crippen molar-refractivity contribution in [3.63, 3.8) is 0 Å². The molecule has 0 saturated carbocycles. The summed E-state index contributed by atoms with van der Waals surface area (Å²) in [6, 6.07) is 7.80. The van der Waals surface area contributed by atoms with Gasteiger partial charge in [0.05, 0.1) is 19.8 Å². The quantitative estimate of drug-likeness (QED) is 0.670. The van der Waals surface area contributed by atoms with Crippen molar-refractivity contribution in [1.82, 2.24) is 9.88 Å². The molecule has 1 aromatic heterocycles. The van der Waals surface area contributed by atoms with E-state index < -0.39 is 17.1 Å². The number of H-pyrrole nitrogens is 1. The molecule has 0 bridgehead atoms. The van der Waals surface area contributed by atoms with Crippen LogP contribution < -0.4 is 10.3 Å². The third-order valence-electron chi connectivity index (χ3n) is 7.26. The predicted molar refractivity (Wildman–Crippen MR) is 121 cm³/mol. The van der Waals surface area contributed by atoms with Gasteiger partial charge in [-0.2, -0.15) is 0 Å². The van der Waals surface area contributed by atoms with Crippen molar-refractivity contribution in [3.05, 3.63) is 62.6 Å². The highest BCUT2D eigenvalue weighted by Gasteiger charge is 2.51. The van der Waals surface area contributed by atoms with Crippen LogP contribution in [0.25, 0.3) is 0 Å². The Balaban J connectivity index is 1.51. The van der Waals surface area contributed by atoms with Gasteiger partial charge in [0.25, 0.3) is 5.56 Å². The molecule has 7 heteroatoms. The number of hydrogen-bond donors (Lipinski definition) is 2. The van der Waals surface area contributed by atoms with Gasteiger partial charge in [-0.1, -0.05) is 6.07 Å². The van der Waals surface area contributed by atoms with Crippen molar-refractivity contribution in [2.45, 2.75) is 50.7 Å². The second-order valence-electron chi connectivity index (χ2n) is 9.26. The average Bonchev–Trinajstić information content (AvgIpc) is 2.76. The molecule has 0 spiro atoms. The molecule has 0 radical (unpaired) electrons. The number of fused-ring (bicyclic) bond motifs is 1. The van der Waals surface area contributed by atoms with E-state index >= 15 is 0 Å². The Labute approximate surface area is 188 Å². The number of carbonyl (C=O) groups excluding carboxylic acids is 1. The van der Waals surface area contributed by atoms with Crippen molar-refractivity contribution in [3.8, 4) is 5.75 Å². The van der Waals surface area contributed by atoms with E-state index in [4.69, 9.17) is 9.47 Å². The Bertz CT molecular complexity index is 1080. The number of ether oxygens (including phenoxy) is 2. The van der Waals surface area contributed by atoms with Crippen LogP contribution in [0.5, 0.6) is 5.75 Å². The summed E-state index contributed by atoms with van der Waals surface area (Å²) < 4.78 is 10.1. The number of methoxy groups -OCH3 is 2. The van der Waals surface area contributed by atoms with Gasteiger partial charge in [0.1, 0.15) is 11.3 Å². The number of esters is 1. The molecule has 2 heterocycles. The fraction of sp³-hybridized carbons (Fsp3) is 0.520. The number of benzene rings is 1. The number of hydrogen-bond acceptors (Lipinski definition) is 6. The largest absolute Gasteiger partial charge is 0.497 e. The minimum atomic E-state index is -0.903. The number of nitrogens with zero attached hydrogens (tertiary/aromatic N) is 1. The third-order valence-corrected chi connectivity index (χ3v) is 7.26. The zero-order valence-electron chi connectivity index (χ0n) is 19.2. The summed E-state index contributed by atoms with van der Waals surface area (Å²) in [4.78, 5) is 29.2. The van der Waals surface area contributed by atoms with E-state index in [-0.39, 0.29) is 11.6 Å². The van der Waals surface area contributed by atoms with Gasteiger partial charge >= 0.3 is 5.97 Å². The minimum Gasteiger partial charge on any atom is -0.497 e. The van der Waals surface area contributed by atoms with E-state index in [0.29, 0.717) is 25.2 Å². The van der Waals surface area contributed by atoms with Gasteiger partial charge in [0.15, 0.2) is 0 Å². The lowest BCUT2D eigenvalue weighted by molar-refractivity contribution is -0.127. The van der Waals surface area contributed by atoms with Gasteiger partial charge in [-0.3, -0.25) is 9.69 Å². The molecule has 1 saturated heterocycles. The summed E-state index contributed by atoms with van der Waals surface area (Å²) in [6.07, 6.45) is 3.49. The van der Waals surface area contributed by atoms with Crippen LogP contribution in [0.15, 0.2) is 29.1 Å². The minimum absolute atomic E-state index is 0.0116. The standard InChI is InChI=1S/C25H32N2O5/c1-15-5-8-19(31-3)11-16(15)6-7-17-14-27(2)22(17)25(30)10-9-21-18(13-25)12-20(23(28)26-21)24(29)32-4/h5,8,11-12,17,22,30H,6-7,9-10,13-14H2,1-4H3,(H,26,28)/t17?,22-,25-/m1/s1. The average molecular weight is 441 g/mol. The van der Waals surface area contributed by atoms with Crippen molar-refractivity contribution < 1.29 is 19.4 Å². The first kappa shape index (κ1) is 22.6. The summed E-state index contributed by atoms with van der Waals surface area (Å²) in [5, 5.41) is 11.7. The molecule has 1 aromatic carbocycles. The fourth-order valence-electron chi connectivity index (χ4n) is 5.55. The Kier molecular flexibility index (Phi) is 6.14. The number of carbonyl (C=O) groups is 1. The maximum absolute atomic E-state index is 12.2. The molecule has 0 amide bonds. The van der Waals surface area contributed by atoms with Crippen LogP contribution in [-0.4, -0.2) is 60.4 Å². The van der Waals surface area contributed by atoms with Crippen molar-refractivity contribution in [1.29, 1.82) is 0 Å². The molecule has 1 fully saturated rings. The highest BCUT2D eigenvalue weighted by atomic mass is 16.5. The lowest BCUT2D eigenvalue weighted by Crippen LogP contribution is -2.67. The van der Waals surface area contributed by atoms with Gasteiger partial charge in [-0.05, 0) is 80.5 Å². The van der Waals surface area contributed by atoms with Gasteiger partial charge in [-0.15, -0.1) is 0 Å². The van der Waals surface area contributed by atoms with E-state index in [2.05, 4.69) is 36.0 Å². The summed E-state index contributed by atoms with van der Waals surface area (Å²) in [5.41, 5.74) is 2.80. The summed E-state index contributed by atoms with van der Waals surface area (Å²) in [6.45, 7) is 3.06. The van der Waals surface area contributed by atoms with Crippen LogP contribution in [-0.2, 0) is 24.0 Å². The molecule has 1 aliphatic heterocycles. The van der Waals surface area contributed by atoms with Crippen LogP contribution in [0.3, 0.4) is 0 Å². The van der Waals surface area contributed by atoms with Crippen LogP contribution in [0.4, 0.5) is 0 Å². The van der Waals surface area contributed by atoms with Crippen molar-refractivity contribution >= 4 is 5.97 Å². The number of likely N-dealkylation sites (N-methyl/N-ethyl adjacent to an activating group) is 1. The monoisotopic (exact) mass is 440 g/mol. The maximum Gasteiger partial charge on any atom is 0.343 e. The number of aromatic amines is 1. The van der Waals surface area contributed by atoms with Gasteiger partial charge in [0.2, 0.25) is 0 Å². The Morgan fingerprint density at radius 2 is 2.09 bits per heavy atom. The van der Waals surface area contributed by atoms with E-state index in [1.165, 1.54) is 18.2 Å². The Morgan fingerprint density at radius 1 is 1.31 bits per heavy atom. The molecule has 1 unspecified atom stereocenters. The van der Waals surface area contributed by atoms with Gasteiger partial charge in [-0.25, -0.2) is 4.79 Å². The smallest absolute Gasteiger partial charge is 0.343 e. The molecule has 1 aliphatic carbocycles. The first-order valence-corrected chi connectivity index (χ1v) is 11.1. The van der Waals surface area contributed by atoms with E-state index in [1.807, 2.05) is 6.07 Å². The topological polar surface area (TPSA) is 91.9 Å². The van der Waals surface area contributed by atoms with Crippen molar-refractivity contribution in [2.75, 3.05) is 27.8 Å². The molecule has 32 heavy (non-hydrogen) atoms. The van der Waals surface area contributed by atoms with E-state index in [1.54, 1.807) is 13.2 Å². The molecule has 2 N–H and O–H groups in total. The van der Waals surface area contributed by atoms with Gasteiger partial charge < -0.3 is 19.6 Å². The molecular weight excluding hydrogens is 408 g/mol. The van der Waals surface area contributed by atoms with Gasteiger partial charge in [0, 0.05) is 24.7 Å². The van der Waals surface area contributed by atoms with E-state index in [0.717, 1.165) is 36.4 Å². The highest BCUT2D eigenvalue weighted by molar-refractivity contribution is 5.89. The molecule has 172 valence electrons. The van der Waals surface area contributed by atoms with Crippen LogP contribution in [0.2, 0.25) is 0 Å². The second kappa shape index (κ2) is 8.71. The fourth-order valence-corrected chi connectivity index (χ4v) is 5.55.